The van der Waals surface area contributed by atoms with Gasteiger partial charge in [-0.2, -0.15) is 0 Å². The van der Waals surface area contributed by atoms with Crippen LogP contribution in [0.15, 0.2) is 48.8 Å². The molecule has 0 aliphatic carbocycles. The van der Waals surface area contributed by atoms with Gasteiger partial charge in [0.05, 0.1) is 0 Å². The van der Waals surface area contributed by atoms with Crippen LogP contribution in [0, 0.1) is 0 Å². The van der Waals surface area contributed by atoms with Crippen molar-refractivity contribution < 1.29 is 9.90 Å². The number of phenolic OH excluding ortho intramolecular Hbond substituents is 1. The van der Waals surface area contributed by atoms with E-state index in [4.69, 9.17) is 0 Å². The van der Waals surface area contributed by atoms with Crippen molar-refractivity contribution >= 4 is 5.91 Å². The number of carbonyl (C=O) groups is 1. The molecule has 1 aromatic carbocycles. The Labute approximate surface area is 136 Å². The van der Waals surface area contributed by atoms with E-state index in [-0.39, 0.29) is 11.7 Å². The molecule has 5 nitrogen and oxygen atoms in total. The summed E-state index contributed by atoms with van der Waals surface area (Å²) < 4.78 is 0. The van der Waals surface area contributed by atoms with E-state index < -0.39 is 0 Å². The molecule has 1 saturated heterocycles. The van der Waals surface area contributed by atoms with Crippen LogP contribution in [0.3, 0.4) is 0 Å². The highest BCUT2D eigenvalue weighted by atomic mass is 16.3. The molecule has 5 heteroatoms. The summed E-state index contributed by atoms with van der Waals surface area (Å²) in [7, 11) is 0. The van der Waals surface area contributed by atoms with Crippen molar-refractivity contribution in [2.24, 2.45) is 0 Å². The third-order valence-electron chi connectivity index (χ3n) is 4.41. The molecule has 1 atom stereocenters. The van der Waals surface area contributed by atoms with E-state index in [1.807, 2.05) is 17.2 Å². The van der Waals surface area contributed by atoms with Crippen LogP contribution >= 0.6 is 0 Å². The van der Waals surface area contributed by atoms with E-state index in [0.717, 1.165) is 13.1 Å². The standard InChI is InChI=1S/C18H21N3O2/c1-14(16-5-3-7-19-13-16)20-8-10-21(11-9-20)18(23)15-4-2-6-17(22)12-15/h2-7,12-14,22H,8-11H2,1H3/t14-/m1/s1. The van der Waals surface area contributed by atoms with Crippen LogP contribution in [0.1, 0.15) is 28.9 Å². The largest absolute Gasteiger partial charge is 0.508 e. The van der Waals surface area contributed by atoms with Crippen LogP contribution in [-0.2, 0) is 0 Å². The van der Waals surface area contributed by atoms with E-state index in [1.54, 1.807) is 24.4 Å². The average Bonchev–Trinajstić information content (AvgIpc) is 2.61. The van der Waals surface area contributed by atoms with E-state index >= 15 is 0 Å². The zero-order valence-corrected chi connectivity index (χ0v) is 13.2. The number of rotatable bonds is 3. The van der Waals surface area contributed by atoms with Gasteiger partial charge in [0.25, 0.3) is 5.91 Å². The quantitative estimate of drug-likeness (QED) is 0.945. The summed E-state index contributed by atoms with van der Waals surface area (Å²) in [6, 6.07) is 10.9. The second-order valence-corrected chi connectivity index (χ2v) is 5.84. The van der Waals surface area contributed by atoms with Crippen LogP contribution < -0.4 is 0 Å². The summed E-state index contributed by atoms with van der Waals surface area (Å²) >= 11 is 0. The fraction of sp³-hybridized carbons (Fsp3) is 0.333. The normalized spacial score (nSPS) is 17.0. The number of phenols is 1. The molecule has 1 N–H and O–H groups in total. The highest BCUT2D eigenvalue weighted by molar-refractivity contribution is 5.94. The van der Waals surface area contributed by atoms with Crippen LogP contribution in [0.2, 0.25) is 0 Å². The third-order valence-corrected chi connectivity index (χ3v) is 4.41. The molecule has 0 saturated carbocycles. The Morgan fingerprint density at radius 3 is 2.61 bits per heavy atom. The number of aromatic nitrogens is 1. The molecule has 1 aliphatic rings. The number of hydrogen-bond donors (Lipinski definition) is 1. The Morgan fingerprint density at radius 2 is 1.96 bits per heavy atom. The minimum atomic E-state index is -0.0189. The summed E-state index contributed by atoms with van der Waals surface area (Å²) in [6.07, 6.45) is 3.68. The van der Waals surface area contributed by atoms with Gasteiger partial charge in [-0.15, -0.1) is 0 Å². The fourth-order valence-corrected chi connectivity index (χ4v) is 2.97. The van der Waals surface area contributed by atoms with Crippen molar-refractivity contribution in [3.8, 4) is 5.75 Å². The Kier molecular flexibility index (Phi) is 4.57. The van der Waals surface area contributed by atoms with Gasteiger partial charge in [0.15, 0.2) is 0 Å². The number of carbonyl (C=O) groups excluding carboxylic acids is 1. The lowest BCUT2D eigenvalue weighted by Gasteiger charge is -2.38. The minimum Gasteiger partial charge on any atom is -0.508 e. The summed E-state index contributed by atoms with van der Waals surface area (Å²) in [5, 5.41) is 9.52. The first kappa shape index (κ1) is 15.5. The van der Waals surface area contributed by atoms with Gasteiger partial charge in [0, 0.05) is 50.2 Å². The molecule has 0 spiro atoms. The van der Waals surface area contributed by atoms with E-state index in [9.17, 15) is 9.90 Å². The maximum Gasteiger partial charge on any atom is 0.254 e. The molecule has 1 amide bonds. The van der Waals surface area contributed by atoms with Crippen molar-refractivity contribution in [1.82, 2.24) is 14.8 Å². The Bertz CT molecular complexity index is 667. The molecular formula is C18H21N3O2. The van der Waals surface area contributed by atoms with Crippen LogP contribution in [0.5, 0.6) is 5.75 Å². The van der Waals surface area contributed by atoms with Gasteiger partial charge in [0.1, 0.15) is 5.75 Å². The van der Waals surface area contributed by atoms with Crippen molar-refractivity contribution in [3.63, 3.8) is 0 Å². The number of pyridine rings is 1. The zero-order chi connectivity index (χ0) is 16.2. The molecule has 0 bridgehead atoms. The predicted octanol–water partition coefficient (Wildman–Crippen LogP) is 2.31. The smallest absolute Gasteiger partial charge is 0.254 e. The van der Waals surface area contributed by atoms with Crippen LogP contribution in [0.4, 0.5) is 0 Å². The number of hydrogen-bond acceptors (Lipinski definition) is 4. The fourth-order valence-electron chi connectivity index (χ4n) is 2.97. The second-order valence-electron chi connectivity index (χ2n) is 5.84. The molecule has 2 heterocycles. The first-order valence-electron chi connectivity index (χ1n) is 7.87. The minimum absolute atomic E-state index is 0.0189. The molecule has 1 aromatic heterocycles. The maximum atomic E-state index is 12.5. The van der Waals surface area contributed by atoms with Gasteiger partial charge in [0.2, 0.25) is 0 Å². The first-order valence-corrected chi connectivity index (χ1v) is 7.87. The van der Waals surface area contributed by atoms with Gasteiger partial charge in [-0.05, 0) is 36.8 Å². The summed E-state index contributed by atoms with van der Waals surface area (Å²) in [5.74, 6) is 0.106. The number of aromatic hydroxyl groups is 1. The molecule has 3 rings (SSSR count). The first-order chi connectivity index (χ1) is 11.1. The lowest BCUT2D eigenvalue weighted by molar-refractivity contribution is 0.0581. The predicted molar refractivity (Wildman–Crippen MR) is 88.2 cm³/mol. The van der Waals surface area contributed by atoms with Gasteiger partial charge >= 0.3 is 0 Å². The molecular weight excluding hydrogens is 290 g/mol. The molecule has 1 aliphatic heterocycles. The summed E-state index contributed by atoms with van der Waals surface area (Å²) in [5.41, 5.74) is 1.74. The topological polar surface area (TPSA) is 56.7 Å². The Morgan fingerprint density at radius 1 is 1.17 bits per heavy atom. The highest BCUT2D eigenvalue weighted by Crippen LogP contribution is 2.21. The maximum absolute atomic E-state index is 12.5. The monoisotopic (exact) mass is 311 g/mol. The van der Waals surface area contributed by atoms with Gasteiger partial charge in [-0.3, -0.25) is 14.7 Å². The lowest BCUT2D eigenvalue weighted by atomic mass is 10.1. The van der Waals surface area contributed by atoms with E-state index in [1.165, 1.54) is 11.6 Å². The van der Waals surface area contributed by atoms with Crippen molar-refractivity contribution in [2.75, 3.05) is 26.2 Å². The lowest BCUT2D eigenvalue weighted by Crippen LogP contribution is -2.49. The van der Waals surface area contributed by atoms with Crippen molar-refractivity contribution in [3.05, 3.63) is 59.9 Å². The second kappa shape index (κ2) is 6.79. The Balaban J connectivity index is 1.61. The van der Waals surface area contributed by atoms with Crippen molar-refractivity contribution in [1.29, 1.82) is 0 Å². The van der Waals surface area contributed by atoms with Gasteiger partial charge in [-0.25, -0.2) is 0 Å². The number of benzene rings is 1. The molecule has 0 unspecified atom stereocenters. The summed E-state index contributed by atoms with van der Waals surface area (Å²) in [6.45, 7) is 5.23. The Hall–Kier alpha value is -2.40. The SMILES string of the molecule is C[C@H](c1cccnc1)N1CCN(C(=O)c2cccc(O)c2)CC1. The third kappa shape index (κ3) is 3.51. The number of amides is 1. The summed E-state index contributed by atoms with van der Waals surface area (Å²) in [4.78, 5) is 20.9. The van der Waals surface area contributed by atoms with Gasteiger partial charge < -0.3 is 10.0 Å². The van der Waals surface area contributed by atoms with Crippen LogP contribution in [-0.4, -0.2) is 52.0 Å². The van der Waals surface area contributed by atoms with E-state index in [0.29, 0.717) is 24.7 Å². The molecule has 0 radical (unpaired) electrons. The molecule has 1 fully saturated rings. The van der Waals surface area contributed by atoms with E-state index in [2.05, 4.69) is 22.9 Å². The van der Waals surface area contributed by atoms with Gasteiger partial charge in [-0.1, -0.05) is 12.1 Å². The number of piperazine rings is 1. The van der Waals surface area contributed by atoms with Crippen LogP contribution in [0.25, 0.3) is 0 Å². The zero-order valence-electron chi connectivity index (χ0n) is 13.2. The average molecular weight is 311 g/mol. The highest BCUT2D eigenvalue weighted by Gasteiger charge is 2.25. The molecule has 23 heavy (non-hydrogen) atoms. The molecule has 120 valence electrons. The number of nitrogens with zero attached hydrogens (tertiary/aromatic N) is 3. The van der Waals surface area contributed by atoms with Crippen molar-refractivity contribution in [2.45, 2.75) is 13.0 Å². The molecule has 2 aromatic rings.